The molecule has 0 atom stereocenters. The van der Waals surface area contributed by atoms with Crippen molar-refractivity contribution < 1.29 is 17.9 Å². The summed E-state index contributed by atoms with van der Waals surface area (Å²) in [5.74, 6) is -0.755. The van der Waals surface area contributed by atoms with Gasteiger partial charge in [-0.3, -0.25) is 4.79 Å². The summed E-state index contributed by atoms with van der Waals surface area (Å²) in [6.07, 6.45) is 0. The summed E-state index contributed by atoms with van der Waals surface area (Å²) in [4.78, 5) is 16.3. The van der Waals surface area contributed by atoms with Crippen LogP contribution in [0.4, 0.5) is 0 Å². The zero-order valence-corrected chi connectivity index (χ0v) is 17.0. The van der Waals surface area contributed by atoms with Gasteiger partial charge in [-0.2, -0.15) is 0 Å². The van der Waals surface area contributed by atoms with Crippen LogP contribution in [0.25, 0.3) is 11.4 Å². The molecule has 8 nitrogen and oxygen atoms in total. The highest BCUT2D eigenvalue weighted by atomic mass is 35.5. The number of aryl methyl sites for hydroxylation is 1. The van der Waals surface area contributed by atoms with E-state index in [1.165, 1.54) is 30.0 Å². The fraction of sp³-hybridized carbons (Fsp3) is 0.118. The van der Waals surface area contributed by atoms with E-state index in [4.69, 9.17) is 27.9 Å². The Balaban J connectivity index is 1.92. The number of benzene rings is 2. The van der Waals surface area contributed by atoms with Crippen molar-refractivity contribution in [1.82, 2.24) is 19.5 Å². The van der Waals surface area contributed by atoms with Crippen molar-refractivity contribution in [3.63, 3.8) is 0 Å². The normalized spacial score (nSPS) is 11.3. The van der Waals surface area contributed by atoms with E-state index in [0.717, 1.165) is 0 Å². The van der Waals surface area contributed by atoms with Crippen LogP contribution in [-0.4, -0.2) is 36.2 Å². The molecule has 3 aromatic rings. The Morgan fingerprint density at radius 1 is 1.14 bits per heavy atom. The van der Waals surface area contributed by atoms with E-state index in [0.29, 0.717) is 16.4 Å². The van der Waals surface area contributed by atoms with Crippen molar-refractivity contribution in [2.24, 2.45) is 7.05 Å². The number of sulfonamides is 1. The fourth-order valence-electron chi connectivity index (χ4n) is 2.40. The smallest absolute Gasteiger partial charge is 0.304 e. The van der Waals surface area contributed by atoms with Gasteiger partial charge in [0.1, 0.15) is 10.6 Å². The Morgan fingerprint density at radius 2 is 1.86 bits per heavy atom. The van der Waals surface area contributed by atoms with Crippen molar-refractivity contribution in [3.05, 3.63) is 58.3 Å². The van der Waals surface area contributed by atoms with Crippen LogP contribution < -0.4 is 9.46 Å². The van der Waals surface area contributed by atoms with Gasteiger partial charge < -0.3 is 4.74 Å². The maximum absolute atomic E-state index is 12.6. The molecule has 0 unspecified atom stereocenters. The van der Waals surface area contributed by atoms with Crippen LogP contribution in [-0.2, 0) is 17.1 Å². The Morgan fingerprint density at radius 3 is 2.54 bits per heavy atom. The van der Waals surface area contributed by atoms with Gasteiger partial charge in [0, 0.05) is 18.7 Å². The zero-order chi connectivity index (χ0) is 20.5. The number of hydrogen-bond acceptors (Lipinski definition) is 6. The van der Waals surface area contributed by atoms with Crippen LogP contribution in [0.2, 0.25) is 10.0 Å². The number of carbonyl (C=O) groups excluding carboxylic acids is 1. The van der Waals surface area contributed by atoms with Crippen LogP contribution in [0.3, 0.4) is 0 Å². The van der Waals surface area contributed by atoms with Gasteiger partial charge in [-0.05, 0) is 24.3 Å². The molecule has 0 bridgehead atoms. The van der Waals surface area contributed by atoms with E-state index in [2.05, 4.69) is 10.1 Å². The zero-order valence-electron chi connectivity index (χ0n) is 14.7. The van der Waals surface area contributed by atoms with Gasteiger partial charge in [0.2, 0.25) is 5.82 Å². The molecule has 0 spiro atoms. The molecule has 11 heteroatoms. The van der Waals surface area contributed by atoms with E-state index in [9.17, 15) is 13.2 Å². The molecule has 0 aliphatic carbocycles. The van der Waals surface area contributed by atoms with E-state index in [-0.39, 0.29) is 21.5 Å². The molecule has 0 radical (unpaired) electrons. The van der Waals surface area contributed by atoms with E-state index < -0.39 is 15.9 Å². The Bertz CT molecular complexity index is 1160. The molecule has 1 heterocycles. The lowest BCUT2D eigenvalue weighted by atomic mass is 10.2. The molecule has 1 aromatic heterocycles. The highest BCUT2D eigenvalue weighted by Crippen LogP contribution is 2.27. The Kier molecular flexibility index (Phi) is 5.59. The van der Waals surface area contributed by atoms with Gasteiger partial charge in [0.05, 0.1) is 17.2 Å². The summed E-state index contributed by atoms with van der Waals surface area (Å²) >= 11 is 12.1. The molecule has 1 N–H and O–H groups in total. The second-order valence-corrected chi connectivity index (χ2v) is 8.06. The molecular formula is C17H14Cl2N4O4S. The van der Waals surface area contributed by atoms with Crippen LogP contribution in [0.1, 0.15) is 10.6 Å². The lowest BCUT2D eigenvalue weighted by molar-refractivity contribution is 0.0971. The Labute approximate surface area is 171 Å². The summed E-state index contributed by atoms with van der Waals surface area (Å²) in [5, 5.41) is 4.33. The van der Waals surface area contributed by atoms with E-state index in [1.807, 2.05) is 4.72 Å². The number of rotatable bonds is 5. The Hall–Kier alpha value is -2.62. The molecular weight excluding hydrogens is 427 g/mol. The van der Waals surface area contributed by atoms with Crippen molar-refractivity contribution in [3.8, 4) is 17.1 Å². The summed E-state index contributed by atoms with van der Waals surface area (Å²) < 4.78 is 33.4. The topological polar surface area (TPSA) is 103 Å². The van der Waals surface area contributed by atoms with Crippen molar-refractivity contribution in [1.29, 1.82) is 0 Å². The van der Waals surface area contributed by atoms with Crippen LogP contribution in [0, 0.1) is 0 Å². The second kappa shape index (κ2) is 7.78. The molecule has 0 aliphatic rings. The molecule has 28 heavy (non-hydrogen) atoms. The number of ether oxygens (including phenoxy) is 1. The first kappa shape index (κ1) is 20.1. The predicted octanol–water partition coefficient (Wildman–Crippen LogP) is 2.92. The summed E-state index contributed by atoms with van der Waals surface area (Å²) in [6, 6.07) is 10.9. The maximum atomic E-state index is 12.6. The number of nitrogens with zero attached hydrogens (tertiary/aromatic N) is 3. The minimum absolute atomic E-state index is 0.0631. The molecule has 0 saturated heterocycles. The quantitative estimate of drug-likeness (QED) is 0.653. The van der Waals surface area contributed by atoms with E-state index in [1.54, 1.807) is 31.3 Å². The van der Waals surface area contributed by atoms with E-state index >= 15 is 0 Å². The monoisotopic (exact) mass is 440 g/mol. The summed E-state index contributed by atoms with van der Waals surface area (Å²) in [5.41, 5.74) is 0.553. The molecule has 3 rings (SSSR count). The highest BCUT2D eigenvalue weighted by molar-refractivity contribution is 7.90. The fourth-order valence-corrected chi connectivity index (χ4v) is 4.08. The number of methoxy groups -OCH3 is 1. The standard InChI is InChI=1S/C17H14Cl2N4O4S/c1-23-16(11-5-3-4-6-12(11)18)20-15(21-23)17(24)22-28(25,26)14-9-10(27-2)7-8-13(14)19/h3-9H,1-2H3,(H,22,24). The first-order chi connectivity index (χ1) is 13.2. The number of aromatic nitrogens is 3. The molecule has 0 fully saturated rings. The van der Waals surface area contributed by atoms with Crippen LogP contribution >= 0.6 is 23.2 Å². The van der Waals surface area contributed by atoms with Gasteiger partial charge in [-0.15, -0.1) is 5.10 Å². The number of hydrogen-bond donors (Lipinski definition) is 1. The average Bonchev–Trinajstić information content (AvgIpc) is 3.04. The van der Waals surface area contributed by atoms with Gasteiger partial charge in [-0.25, -0.2) is 22.8 Å². The third kappa shape index (κ3) is 3.96. The summed E-state index contributed by atoms with van der Waals surface area (Å²) in [7, 11) is -1.33. The van der Waals surface area contributed by atoms with Gasteiger partial charge in [0.25, 0.3) is 10.0 Å². The highest BCUT2D eigenvalue weighted by Gasteiger charge is 2.25. The molecule has 0 aliphatic heterocycles. The van der Waals surface area contributed by atoms with Crippen LogP contribution in [0.15, 0.2) is 47.4 Å². The maximum Gasteiger partial charge on any atom is 0.304 e. The number of carbonyl (C=O) groups is 1. The van der Waals surface area contributed by atoms with Crippen molar-refractivity contribution in [2.45, 2.75) is 4.90 Å². The van der Waals surface area contributed by atoms with Gasteiger partial charge in [0.15, 0.2) is 5.82 Å². The molecule has 146 valence electrons. The third-order valence-electron chi connectivity index (χ3n) is 3.74. The van der Waals surface area contributed by atoms with Crippen molar-refractivity contribution >= 4 is 39.1 Å². The van der Waals surface area contributed by atoms with Gasteiger partial charge in [-0.1, -0.05) is 35.3 Å². The SMILES string of the molecule is COc1ccc(Cl)c(S(=O)(=O)NC(=O)c2nc(-c3ccccc3Cl)n(C)n2)c1. The average molecular weight is 441 g/mol. The number of amides is 1. The van der Waals surface area contributed by atoms with Crippen molar-refractivity contribution in [2.75, 3.05) is 7.11 Å². The van der Waals surface area contributed by atoms with Crippen LogP contribution in [0.5, 0.6) is 5.75 Å². The third-order valence-corrected chi connectivity index (χ3v) is 5.88. The lowest BCUT2D eigenvalue weighted by Gasteiger charge is -2.08. The summed E-state index contributed by atoms with van der Waals surface area (Å²) in [6.45, 7) is 0. The molecule has 0 saturated carbocycles. The molecule has 2 aromatic carbocycles. The minimum Gasteiger partial charge on any atom is -0.497 e. The largest absolute Gasteiger partial charge is 0.497 e. The predicted molar refractivity (Wildman–Crippen MR) is 104 cm³/mol. The second-order valence-electron chi connectivity index (χ2n) is 5.59. The lowest BCUT2D eigenvalue weighted by Crippen LogP contribution is -2.31. The van der Waals surface area contributed by atoms with Gasteiger partial charge >= 0.3 is 5.91 Å². The minimum atomic E-state index is -4.27. The molecule has 1 amide bonds. The number of nitrogens with one attached hydrogen (secondary N) is 1. The first-order valence-corrected chi connectivity index (χ1v) is 10.0. The number of halogens is 2. The first-order valence-electron chi connectivity index (χ1n) is 7.79.